The summed E-state index contributed by atoms with van der Waals surface area (Å²) < 4.78 is 30.2. The Morgan fingerprint density at radius 3 is 2.31 bits per heavy atom. The standard InChI is InChI=1S/C19H18FNO5/c1-24-14-7-10(8-15(25-2)19(14)26-3)17-12(9-16(22)23)11-5-4-6-13(20)18(11)21-17/h4-8,21H,9H2,1-3H3,(H,22,23). The van der Waals surface area contributed by atoms with Crippen LogP contribution in [0, 0.1) is 5.82 Å². The lowest BCUT2D eigenvalue weighted by Crippen LogP contribution is -2.01. The molecule has 0 aliphatic rings. The SMILES string of the molecule is COc1cc(-c2[nH]c3c(F)cccc3c2CC(=O)O)cc(OC)c1OC. The molecule has 0 amide bonds. The van der Waals surface area contributed by atoms with E-state index in [-0.39, 0.29) is 11.9 Å². The van der Waals surface area contributed by atoms with Crippen LogP contribution in [0.15, 0.2) is 30.3 Å². The fourth-order valence-corrected chi connectivity index (χ4v) is 3.04. The minimum Gasteiger partial charge on any atom is -0.493 e. The molecule has 3 aromatic rings. The molecule has 0 saturated carbocycles. The minimum atomic E-state index is -1.01. The molecule has 0 radical (unpaired) electrons. The van der Waals surface area contributed by atoms with Crippen LogP contribution in [0.3, 0.4) is 0 Å². The Bertz CT molecular complexity index is 954. The molecule has 1 aromatic heterocycles. The number of ether oxygens (including phenoxy) is 3. The van der Waals surface area contributed by atoms with Crippen molar-refractivity contribution in [3.8, 4) is 28.5 Å². The Morgan fingerprint density at radius 2 is 1.77 bits per heavy atom. The van der Waals surface area contributed by atoms with Crippen LogP contribution in [0.5, 0.6) is 17.2 Å². The van der Waals surface area contributed by atoms with Crippen LogP contribution in [0.2, 0.25) is 0 Å². The van der Waals surface area contributed by atoms with Gasteiger partial charge in [0.25, 0.3) is 0 Å². The maximum Gasteiger partial charge on any atom is 0.307 e. The molecule has 7 heteroatoms. The van der Waals surface area contributed by atoms with Gasteiger partial charge in [0.2, 0.25) is 5.75 Å². The molecular weight excluding hydrogens is 341 g/mol. The highest BCUT2D eigenvalue weighted by Crippen LogP contribution is 2.42. The van der Waals surface area contributed by atoms with E-state index < -0.39 is 11.8 Å². The molecule has 0 aliphatic carbocycles. The molecular formula is C19H18FNO5. The van der Waals surface area contributed by atoms with Crippen LogP contribution >= 0.6 is 0 Å². The third kappa shape index (κ3) is 2.92. The Morgan fingerprint density at radius 1 is 1.12 bits per heavy atom. The van der Waals surface area contributed by atoms with E-state index in [0.717, 1.165) is 0 Å². The van der Waals surface area contributed by atoms with Gasteiger partial charge in [0, 0.05) is 10.9 Å². The second kappa shape index (κ2) is 6.95. The largest absolute Gasteiger partial charge is 0.493 e. The Balaban J connectivity index is 2.31. The number of aromatic amines is 1. The van der Waals surface area contributed by atoms with Crippen molar-refractivity contribution < 1.29 is 28.5 Å². The highest BCUT2D eigenvalue weighted by molar-refractivity contribution is 5.94. The van der Waals surface area contributed by atoms with Crippen LogP contribution in [-0.2, 0) is 11.2 Å². The second-order valence-electron chi connectivity index (χ2n) is 5.63. The van der Waals surface area contributed by atoms with Crippen LogP contribution < -0.4 is 14.2 Å². The summed E-state index contributed by atoms with van der Waals surface area (Å²) in [6.07, 6.45) is -0.255. The van der Waals surface area contributed by atoms with Gasteiger partial charge in [-0.05, 0) is 23.8 Å². The summed E-state index contributed by atoms with van der Waals surface area (Å²) in [4.78, 5) is 14.4. The molecule has 2 N–H and O–H groups in total. The first-order chi connectivity index (χ1) is 12.5. The second-order valence-corrected chi connectivity index (χ2v) is 5.63. The summed E-state index contributed by atoms with van der Waals surface area (Å²) in [7, 11) is 4.47. The summed E-state index contributed by atoms with van der Waals surface area (Å²) in [5.41, 5.74) is 1.84. The van der Waals surface area contributed by atoms with Crippen molar-refractivity contribution in [3.05, 3.63) is 41.7 Å². The van der Waals surface area contributed by atoms with Gasteiger partial charge in [-0.2, -0.15) is 0 Å². The zero-order valence-electron chi connectivity index (χ0n) is 14.6. The van der Waals surface area contributed by atoms with Gasteiger partial charge < -0.3 is 24.3 Å². The number of hydrogen-bond donors (Lipinski definition) is 2. The molecule has 3 rings (SSSR count). The van der Waals surface area contributed by atoms with Gasteiger partial charge in [0.1, 0.15) is 5.82 Å². The third-order valence-corrected chi connectivity index (χ3v) is 4.17. The highest BCUT2D eigenvalue weighted by Gasteiger charge is 2.21. The molecule has 0 bridgehead atoms. The average molecular weight is 359 g/mol. The Hall–Kier alpha value is -3.22. The van der Waals surface area contributed by atoms with E-state index in [4.69, 9.17) is 14.2 Å². The third-order valence-electron chi connectivity index (χ3n) is 4.17. The molecule has 0 unspecified atom stereocenters. The molecule has 26 heavy (non-hydrogen) atoms. The number of carboxylic acids is 1. The van der Waals surface area contributed by atoms with E-state index in [2.05, 4.69) is 4.98 Å². The van der Waals surface area contributed by atoms with Crippen molar-refractivity contribution >= 4 is 16.9 Å². The lowest BCUT2D eigenvalue weighted by molar-refractivity contribution is -0.136. The van der Waals surface area contributed by atoms with Crippen molar-refractivity contribution in [1.82, 2.24) is 4.98 Å². The van der Waals surface area contributed by atoms with Crippen LogP contribution in [0.4, 0.5) is 4.39 Å². The van der Waals surface area contributed by atoms with Crippen molar-refractivity contribution in [2.24, 2.45) is 0 Å². The first kappa shape index (κ1) is 17.6. The van der Waals surface area contributed by atoms with Crippen LogP contribution in [0.25, 0.3) is 22.2 Å². The van der Waals surface area contributed by atoms with Gasteiger partial charge in [-0.3, -0.25) is 4.79 Å². The predicted octanol–water partition coefficient (Wildman–Crippen LogP) is 3.63. The maximum atomic E-state index is 14.2. The van der Waals surface area contributed by atoms with E-state index in [0.29, 0.717) is 39.5 Å². The maximum absolute atomic E-state index is 14.2. The van der Waals surface area contributed by atoms with Gasteiger partial charge in [-0.1, -0.05) is 12.1 Å². The number of halogens is 1. The van der Waals surface area contributed by atoms with Crippen LogP contribution in [-0.4, -0.2) is 37.4 Å². The van der Waals surface area contributed by atoms with E-state index in [1.54, 1.807) is 24.3 Å². The molecule has 0 aliphatic heterocycles. The number of aliphatic carboxylic acids is 1. The number of carbonyl (C=O) groups is 1. The Kier molecular flexibility index (Phi) is 4.71. The number of fused-ring (bicyclic) bond motifs is 1. The summed E-state index contributed by atoms with van der Waals surface area (Å²) in [6, 6.07) is 7.94. The first-order valence-electron chi connectivity index (χ1n) is 7.81. The normalized spacial score (nSPS) is 10.8. The number of carboxylic acid groups (broad SMARTS) is 1. The lowest BCUT2D eigenvalue weighted by Gasteiger charge is -2.14. The molecule has 0 saturated heterocycles. The minimum absolute atomic E-state index is 0.255. The van der Waals surface area contributed by atoms with Crippen molar-refractivity contribution in [2.45, 2.75) is 6.42 Å². The summed E-state index contributed by atoms with van der Waals surface area (Å²) >= 11 is 0. The highest BCUT2D eigenvalue weighted by atomic mass is 19.1. The molecule has 6 nitrogen and oxygen atoms in total. The monoisotopic (exact) mass is 359 g/mol. The van der Waals surface area contributed by atoms with Crippen molar-refractivity contribution in [1.29, 1.82) is 0 Å². The summed E-state index contributed by atoms with van der Waals surface area (Å²) in [6.45, 7) is 0. The first-order valence-corrected chi connectivity index (χ1v) is 7.81. The molecule has 0 spiro atoms. The zero-order chi connectivity index (χ0) is 18.8. The van der Waals surface area contributed by atoms with E-state index >= 15 is 0 Å². The molecule has 0 atom stereocenters. The van der Waals surface area contributed by atoms with Crippen LogP contribution in [0.1, 0.15) is 5.56 Å². The number of nitrogens with one attached hydrogen (secondary N) is 1. The lowest BCUT2D eigenvalue weighted by atomic mass is 10.0. The quantitative estimate of drug-likeness (QED) is 0.702. The number of aromatic nitrogens is 1. The fraction of sp³-hybridized carbons (Fsp3) is 0.211. The summed E-state index contributed by atoms with van der Waals surface area (Å²) in [5, 5.41) is 9.82. The summed E-state index contributed by atoms with van der Waals surface area (Å²) in [5.74, 6) is -0.206. The van der Waals surface area contributed by atoms with Crippen molar-refractivity contribution in [2.75, 3.05) is 21.3 Å². The fourth-order valence-electron chi connectivity index (χ4n) is 3.04. The van der Waals surface area contributed by atoms with Gasteiger partial charge in [-0.15, -0.1) is 0 Å². The average Bonchev–Trinajstić information content (AvgIpc) is 2.99. The van der Waals surface area contributed by atoms with Gasteiger partial charge in [0.15, 0.2) is 11.5 Å². The van der Waals surface area contributed by atoms with Gasteiger partial charge in [-0.25, -0.2) is 4.39 Å². The molecule has 136 valence electrons. The van der Waals surface area contributed by atoms with Gasteiger partial charge >= 0.3 is 5.97 Å². The Labute approximate surface area is 149 Å². The van der Waals surface area contributed by atoms with Crippen molar-refractivity contribution in [3.63, 3.8) is 0 Å². The number of methoxy groups -OCH3 is 3. The van der Waals surface area contributed by atoms with E-state index in [1.807, 2.05) is 0 Å². The number of hydrogen-bond acceptors (Lipinski definition) is 4. The predicted molar refractivity (Wildman–Crippen MR) is 94.7 cm³/mol. The van der Waals surface area contributed by atoms with Gasteiger partial charge in [0.05, 0.1) is 39.0 Å². The smallest absolute Gasteiger partial charge is 0.307 e. The molecule has 0 fully saturated rings. The number of benzene rings is 2. The van der Waals surface area contributed by atoms with E-state index in [9.17, 15) is 14.3 Å². The number of rotatable bonds is 6. The number of para-hydroxylation sites is 1. The molecule has 2 aromatic carbocycles. The van der Waals surface area contributed by atoms with E-state index in [1.165, 1.54) is 27.4 Å². The number of H-pyrrole nitrogens is 1. The zero-order valence-corrected chi connectivity index (χ0v) is 14.6. The molecule has 1 heterocycles. The topological polar surface area (TPSA) is 80.8 Å².